The Hall–Kier alpha value is 0.0900. The molecule has 0 aromatic heterocycles. The lowest BCUT2D eigenvalue weighted by molar-refractivity contribution is 0.949. The molecule has 0 fully saturated rings. The summed E-state index contributed by atoms with van der Waals surface area (Å²) in [6.07, 6.45) is 6.98. The van der Waals surface area contributed by atoms with E-state index in [9.17, 15) is 0 Å². The molecule has 0 amide bonds. The molecule has 0 aliphatic heterocycles. The van der Waals surface area contributed by atoms with Crippen LogP contribution in [0.2, 0.25) is 0 Å². The molecule has 54 valence electrons. The van der Waals surface area contributed by atoms with E-state index >= 15 is 0 Å². The van der Waals surface area contributed by atoms with Crippen LogP contribution in [0, 0.1) is 0 Å². The Morgan fingerprint density at radius 3 is 2.67 bits per heavy atom. The zero-order valence-electron chi connectivity index (χ0n) is 6.61. The molecular formula is C8H16S. The Kier molecular flexibility index (Phi) is 6.28. The predicted octanol–water partition coefficient (Wildman–Crippen LogP) is 3.10. The van der Waals surface area contributed by atoms with Gasteiger partial charge in [-0.25, -0.2) is 0 Å². The van der Waals surface area contributed by atoms with E-state index in [0.717, 1.165) is 0 Å². The molecule has 0 atom stereocenters. The molecule has 0 unspecified atom stereocenters. The SMILES string of the molecule is CCC/C=C(\C)CSC. The van der Waals surface area contributed by atoms with Crippen LogP contribution in [0.25, 0.3) is 0 Å². The lowest BCUT2D eigenvalue weighted by Gasteiger charge is -1.94. The normalized spacial score (nSPS) is 12.1. The van der Waals surface area contributed by atoms with E-state index in [4.69, 9.17) is 0 Å². The van der Waals surface area contributed by atoms with Crippen molar-refractivity contribution in [1.29, 1.82) is 0 Å². The van der Waals surface area contributed by atoms with Crippen LogP contribution in [0.3, 0.4) is 0 Å². The second kappa shape index (κ2) is 6.21. The van der Waals surface area contributed by atoms with Gasteiger partial charge in [-0.1, -0.05) is 25.0 Å². The number of allylic oxidation sites excluding steroid dienone is 1. The van der Waals surface area contributed by atoms with Crippen molar-refractivity contribution in [2.45, 2.75) is 26.7 Å². The van der Waals surface area contributed by atoms with Gasteiger partial charge in [-0.15, -0.1) is 0 Å². The first-order valence-electron chi connectivity index (χ1n) is 3.45. The van der Waals surface area contributed by atoms with Crippen LogP contribution in [-0.2, 0) is 0 Å². The third-order valence-electron chi connectivity index (χ3n) is 1.15. The standard InChI is InChI=1S/C8H16S/c1-4-5-6-8(2)7-9-3/h6H,4-5,7H2,1-3H3/b8-6+. The zero-order valence-corrected chi connectivity index (χ0v) is 7.42. The summed E-state index contributed by atoms with van der Waals surface area (Å²) in [6, 6.07) is 0. The van der Waals surface area contributed by atoms with E-state index in [1.54, 1.807) is 0 Å². The maximum absolute atomic E-state index is 2.33. The first-order chi connectivity index (χ1) is 4.31. The predicted molar refractivity (Wildman–Crippen MR) is 47.0 cm³/mol. The quantitative estimate of drug-likeness (QED) is 0.546. The second-order valence-corrected chi connectivity index (χ2v) is 3.14. The summed E-state index contributed by atoms with van der Waals surface area (Å²) in [7, 11) is 0. The van der Waals surface area contributed by atoms with Gasteiger partial charge in [0.2, 0.25) is 0 Å². The minimum atomic E-state index is 1.19. The average molecular weight is 144 g/mol. The molecule has 0 spiro atoms. The van der Waals surface area contributed by atoms with Gasteiger partial charge < -0.3 is 0 Å². The van der Waals surface area contributed by atoms with Crippen LogP contribution in [0.5, 0.6) is 0 Å². The van der Waals surface area contributed by atoms with Crippen LogP contribution in [0.1, 0.15) is 26.7 Å². The Labute approximate surface area is 62.7 Å². The molecule has 0 saturated carbocycles. The van der Waals surface area contributed by atoms with Gasteiger partial charge in [0, 0.05) is 5.75 Å². The molecule has 0 saturated heterocycles. The number of hydrogen-bond acceptors (Lipinski definition) is 1. The van der Waals surface area contributed by atoms with Crippen molar-refractivity contribution in [3.8, 4) is 0 Å². The Morgan fingerprint density at radius 1 is 1.56 bits per heavy atom. The zero-order chi connectivity index (χ0) is 7.11. The molecule has 0 bridgehead atoms. The van der Waals surface area contributed by atoms with Crippen molar-refractivity contribution in [3.63, 3.8) is 0 Å². The van der Waals surface area contributed by atoms with Crippen molar-refractivity contribution >= 4 is 11.8 Å². The molecule has 0 aromatic rings. The molecule has 0 aliphatic rings. The van der Waals surface area contributed by atoms with Crippen molar-refractivity contribution in [3.05, 3.63) is 11.6 Å². The fourth-order valence-electron chi connectivity index (χ4n) is 0.677. The first-order valence-corrected chi connectivity index (χ1v) is 4.85. The molecule has 0 heterocycles. The molecule has 0 aliphatic carbocycles. The average Bonchev–Trinajstić information content (AvgIpc) is 1.85. The van der Waals surface area contributed by atoms with Gasteiger partial charge in [0.25, 0.3) is 0 Å². The Bertz CT molecular complexity index is 84.6. The number of hydrogen-bond donors (Lipinski definition) is 0. The third-order valence-corrected chi connectivity index (χ3v) is 1.90. The Balaban J connectivity index is 3.30. The summed E-state index contributed by atoms with van der Waals surface area (Å²) >= 11 is 1.89. The van der Waals surface area contributed by atoms with Crippen molar-refractivity contribution < 1.29 is 0 Å². The number of unbranched alkanes of at least 4 members (excludes halogenated alkanes) is 1. The topological polar surface area (TPSA) is 0 Å². The third kappa shape index (κ3) is 5.97. The van der Waals surface area contributed by atoms with E-state index < -0.39 is 0 Å². The van der Waals surface area contributed by atoms with Gasteiger partial charge in [0.15, 0.2) is 0 Å². The smallest absolute Gasteiger partial charge is 0.0137 e. The van der Waals surface area contributed by atoms with Gasteiger partial charge in [0.1, 0.15) is 0 Å². The van der Waals surface area contributed by atoms with Gasteiger partial charge in [-0.2, -0.15) is 11.8 Å². The fourth-order valence-corrected chi connectivity index (χ4v) is 1.25. The highest BCUT2D eigenvalue weighted by Gasteiger charge is 1.84. The van der Waals surface area contributed by atoms with Gasteiger partial charge >= 0.3 is 0 Å². The molecular weight excluding hydrogens is 128 g/mol. The highest BCUT2D eigenvalue weighted by atomic mass is 32.2. The van der Waals surface area contributed by atoms with E-state index in [0.29, 0.717) is 0 Å². The lowest BCUT2D eigenvalue weighted by Crippen LogP contribution is -1.78. The van der Waals surface area contributed by atoms with E-state index in [1.807, 2.05) is 11.8 Å². The van der Waals surface area contributed by atoms with Crippen molar-refractivity contribution in [2.24, 2.45) is 0 Å². The van der Waals surface area contributed by atoms with E-state index in [-0.39, 0.29) is 0 Å². The summed E-state index contributed by atoms with van der Waals surface area (Å²) in [4.78, 5) is 0. The molecule has 0 rings (SSSR count). The van der Waals surface area contributed by atoms with Crippen LogP contribution in [0.15, 0.2) is 11.6 Å². The summed E-state index contributed by atoms with van der Waals surface area (Å²) in [6.45, 7) is 4.41. The second-order valence-electron chi connectivity index (χ2n) is 2.27. The van der Waals surface area contributed by atoms with Crippen molar-refractivity contribution in [2.75, 3.05) is 12.0 Å². The molecule has 0 N–H and O–H groups in total. The Morgan fingerprint density at radius 2 is 2.22 bits per heavy atom. The summed E-state index contributed by atoms with van der Waals surface area (Å²) < 4.78 is 0. The molecule has 0 nitrogen and oxygen atoms in total. The highest BCUT2D eigenvalue weighted by Crippen LogP contribution is 2.04. The van der Waals surface area contributed by atoms with Crippen molar-refractivity contribution in [1.82, 2.24) is 0 Å². The van der Waals surface area contributed by atoms with E-state index in [2.05, 4.69) is 26.2 Å². The van der Waals surface area contributed by atoms with E-state index in [1.165, 1.54) is 24.2 Å². The molecule has 0 aromatic carbocycles. The minimum Gasteiger partial charge on any atom is -0.161 e. The van der Waals surface area contributed by atoms with Crippen LogP contribution < -0.4 is 0 Å². The summed E-state index contributed by atoms with van der Waals surface area (Å²) in [5.41, 5.74) is 1.52. The maximum Gasteiger partial charge on any atom is 0.0137 e. The van der Waals surface area contributed by atoms with Gasteiger partial charge in [0.05, 0.1) is 0 Å². The van der Waals surface area contributed by atoms with Crippen LogP contribution in [0.4, 0.5) is 0 Å². The fraction of sp³-hybridized carbons (Fsp3) is 0.750. The molecule has 9 heavy (non-hydrogen) atoms. The monoisotopic (exact) mass is 144 g/mol. The first kappa shape index (κ1) is 9.09. The van der Waals surface area contributed by atoms with Gasteiger partial charge in [-0.05, 0) is 19.6 Å². The van der Waals surface area contributed by atoms with Gasteiger partial charge in [-0.3, -0.25) is 0 Å². The largest absolute Gasteiger partial charge is 0.161 e. The number of thioether (sulfide) groups is 1. The summed E-state index contributed by atoms with van der Waals surface area (Å²) in [5, 5.41) is 0. The summed E-state index contributed by atoms with van der Waals surface area (Å²) in [5.74, 6) is 1.19. The lowest BCUT2D eigenvalue weighted by atomic mass is 10.2. The molecule has 1 heteroatoms. The van der Waals surface area contributed by atoms with Crippen LogP contribution in [-0.4, -0.2) is 12.0 Å². The maximum atomic E-state index is 2.33. The number of rotatable bonds is 4. The minimum absolute atomic E-state index is 1.19. The van der Waals surface area contributed by atoms with Crippen LogP contribution >= 0.6 is 11.8 Å². The highest BCUT2D eigenvalue weighted by molar-refractivity contribution is 7.98. The molecule has 0 radical (unpaired) electrons.